The monoisotopic (exact) mass is 270 g/mol. The van der Waals surface area contributed by atoms with E-state index in [-0.39, 0.29) is 0 Å². The van der Waals surface area contributed by atoms with Gasteiger partial charge in [0.05, 0.1) is 6.61 Å². The zero-order chi connectivity index (χ0) is 14.3. The van der Waals surface area contributed by atoms with Gasteiger partial charge in [0.1, 0.15) is 0 Å². The first kappa shape index (κ1) is 16.9. The van der Waals surface area contributed by atoms with Gasteiger partial charge in [-0.25, -0.2) is 0 Å². The van der Waals surface area contributed by atoms with Crippen LogP contribution in [0.1, 0.15) is 52.9 Å². The minimum absolute atomic E-state index is 0.629. The maximum absolute atomic E-state index is 6.03. The molecular weight excluding hydrogens is 236 g/mol. The van der Waals surface area contributed by atoms with Crippen molar-refractivity contribution in [1.82, 2.24) is 4.90 Å². The van der Waals surface area contributed by atoms with E-state index in [1.807, 2.05) is 0 Å². The zero-order valence-corrected chi connectivity index (χ0v) is 13.4. The van der Waals surface area contributed by atoms with Crippen LogP contribution >= 0.6 is 0 Å². The second-order valence-electron chi connectivity index (χ2n) is 6.14. The molecule has 0 aliphatic heterocycles. The van der Waals surface area contributed by atoms with Gasteiger partial charge < -0.3 is 10.5 Å². The largest absolute Gasteiger partial charge is 0.383 e. The van der Waals surface area contributed by atoms with Crippen LogP contribution in [0.3, 0.4) is 0 Å². The fourth-order valence-electron chi connectivity index (χ4n) is 3.49. The standard InChI is InChI=1S/C16H34N2O/c1-5-13(3)18(9-10-19-4)16-11-14(6-2)7-8-15(16)12-17/h13-16H,5-12,17H2,1-4H3. The Hall–Kier alpha value is -0.120. The van der Waals surface area contributed by atoms with Crippen molar-refractivity contribution in [2.75, 3.05) is 26.8 Å². The zero-order valence-electron chi connectivity index (χ0n) is 13.4. The molecule has 0 bridgehead atoms. The predicted octanol–water partition coefficient (Wildman–Crippen LogP) is 2.89. The van der Waals surface area contributed by atoms with Crippen molar-refractivity contribution in [3.8, 4) is 0 Å². The van der Waals surface area contributed by atoms with E-state index in [0.29, 0.717) is 18.0 Å². The molecule has 0 radical (unpaired) electrons. The van der Waals surface area contributed by atoms with Gasteiger partial charge in [-0.1, -0.05) is 26.7 Å². The van der Waals surface area contributed by atoms with E-state index in [4.69, 9.17) is 10.5 Å². The first-order chi connectivity index (χ1) is 9.17. The molecule has 0 aromatic carbocycles. The van der Waals surface area contributed by atoms with Gasteiger partial charge in [0, 0.05) is 25.7 Å². The molecule has 0 amide bonds. The van der Waals surface area contributed by atoms with E-state index >= 15 is 0 Å². The van der Waals surface area contributed by atoms with E-state index < -0.39 is 0 Å². The lowest BCUT2D eigenvalue weighted by Gasteiger charge is -2.45. The smallest absolute Gasteiger partial charge is 0.0589 e. The minimum Gasteiger partial charge on any atom is -0.383 e. The fraction of sp³-hybridized carbons (Fsp3) is 1.00. The summed E-state index contributed by atoms with van der Waals surface area (Å²) in [5.74, 6) is 1.57. The van der Waals surface area contributed by atoms with Crippen LogP contribution < -0.4 is 5.73 Å². The van der Waals surface area contributed by atoms with Crippen molar-refractivity contribution in [2.45, 2.75) is 65.0 Å². The van der Waals surface area contributed by atoms with E-state index in [2.05, 4.69) is 25.7 Å². The molecule has 1 fully saturated rings. The highest BCUT2D eigenvalue weighted by molar-refractivity contribution is 4.89. The molecule has 1 aliphatic rings. The molecule has 19 heavy (non-hydrogen) atoms. The van der Waals surface area contributed by atoms with Crippen molar-refractivity contribution in [2.24, 2.45) is 17.6 Å². The Bertz CT molecular complexity index is 235. The molecule has 0 spiro atoms. The maximum Gasteiger partial charge on any atom is 0.0589 e. The van der Waals surface area contributed by atoms with Crippen LogP contribution in [0.2, 0.25) is 0 Å². The molecule has 2 N–H and O–H groups in total. The number of nitrogens with zero attached hydrogens (tertiary/aromatic N) is 1. The Morgan fingerprint density at radius 1 is 1.32 bits per heavy atom. The van der Waals surface area contributed by atoms with Gasteiger partial charge in [-0.2, -0.15) is 0 Å². The minimum atomic E-state index is 0.629. The van der Waals surface area contributed by atoms with E-state index in [0.717, 1.165) is 25.6 Å². The predicted molar refractivity (Wildman–Crippen MR) is 82.3 cm³/mol. The van der Waals surface area contributed by atoms with Crippen molar-refractivity contribution < 1.29 is 4.74 Å². The van der Waals surface area contributed by atoms with Crippen molar-refractivity contribution >= 4 is 0 Å². The molecule has 4 unspecified atom stereocenters. The van der Waals surface area contributed by atoms with Gasteiger partial charge in [-0.05, 0) is 44.6 Å². The normalized spacial score (nSPS) is 29.7. The van der Waals surface area contributed by atoms with E-state index in [1.165, 1.54) is 32.1 Å². The second kappa shape index (κ2) is 8.93. The Morgan fingerprint density at radius 2 is 2.05 bits per heavy atom. The molecular formula is C16H34N2O. The number of rotatable bonds is 8. The molecule has 0 saturated heterocycles. The van der Waals surface area contributed by atoms with Crippen LogP contribution in [-0.4, -0.2) is 43.8 Å². The summed E-state index contributed by atoms with van der Waals surface area (Å²) < 4.78 is 5.31. The molecule has 1 rings (SSSR count). The summed E-state index contributed by atoms with van der Waals surface area (Å²) in [6, 6.07) is 1.29. The van der Waals surface area contributed by atoms with Crippen LogP contribution in [0.4, 0.5) is 0 Å². The number of ether oxygens (including phenoxy) is 1. The van der Waals surface area contributed by atoms with Crippen LogP contribution in [0.25, 0.3) is 0 Å². The number of methoxy groups -OCH3 is 1. The first-order valence-corrected chi connectivity index (χ1v) is 8.12. The molecule has 114 valence electrons. The Kier molecular flexibility index (Phi) is 7.96. The highest BCUT2D eigenvalue weighted by Gasteiger charge is 2.34. The van der Waals surface area contributed by atoms with Gasteiger partial charge in [-0.15, -0.1) is 0 Å². The third-order valence-electron chi connectivity index (χ3n) is 5.08. The number of hydrogen-bond acceptors (Lipinski definition) is 3. The van der Waals surface area contributed by atoms with Crippen molar-refractivity contribution in [3.63, 3.8) is 0 Å². The van der Waals surface area contributed by atoms with Crippen molar-refractivity contribution in [3.05, 3.63) is 0 Å². The Morgan fingerprint density at radius 3 is 2.58 bits per heavy atom. The fourth-order valence-corrected chi connectivity index (χ4v) is 3.49. The Balaban J connectivity index is 2.75. The van der Waals surface area contributed by atoms with Gasteiger partial charge in [-0.3, -0.25) is 4.90 Å². The SMILES string of the molecule is CCC1CCC(CN)C(N(CCOC)C(C)CC)C1. The molecule has 4 atom stereocenters. The highest BCUT2D eigenvalue weighted by atomic mass is 16.5. The van der Waals surface area contributed by atoms with Gasteiger partial charge in [0.25, 0.3) is 0 Å². The molecule has 1 aliphatic carbocycles. The molecule has 0 aromatic heterocycles. The lowest BCUT2D eigenvalue weighted by molar-refractivity contribution is 0.0291. The number of nitrogens with two attached hydrogens (primary N) is 1. The molecule has 1 saturated carbocycles. The van der Waals surface area contributed by atoms with Gasteiger partial charge in [0.15, 0.2) is 0 Å². The van der Waals surface area contributed by atoms with Crippen LogP contribution in [0, 0.1) is 11.8 Å². The van der Waals surface area contributed by atoms with Crippen molar-refractivity contribution in [1.29, 1.82) is 0 Å². The first-order valence-electron chi connectivity index (χ1n) is 8.12. The summed E-state index contributed by atoms with van der Waals surface area (Å²) in [6.45, 7) is 9.66. The highest BCUT2D eigenvalue weighted by Crippen LogP contribution is 2.34. The lowest BCUT2D eigenvalue weighted by atomic mass is 9.76. The Labute approximate surface area is 119 Å². The maximum atomic E-state index is 6.03. The summed E-state index contributed by atoms with van der Waals surface area (Å²) in [4.78, 5) is 2.67. The van der Waals surface area contributed by atoms with Crippen LogP contribution in [0.15, 0.2) is 0 Å². The molecule has 0 heterocycles. The van der Waals surface area contributed by atoms with Gasteiger partial charge >= 0.3 is 0 Å². The van der Waals surface area contributed by atoms with Crippen LogP contribution in [0.5, 0.6) is 0 Å². The van der Waals surface area contributed by atoms with Gasteiger partial charge in [0.2, 0.25) is 0 Å². The topological polar surface area (TPSA) is 38.5 Å². The molecule has 0 aromatic rings. The summed E-state index contributed by atoms with van der Waals surface area (Å²) in [5.41, 5.74) is 6.03. The van der Waals surface area contributed by atoms with E-state index in [9.17, 15) is 0 Å². The quantitative estimate of drug-likeness (QED) is 0.737. The summed E-state index contributed by atoms with van der Waals surface area (Å²) >= 11 is 0. The third-order valence-corrected chi connectivity index (χ3v) is 5.08. The lowest BCUT2D eigenvalue weighted by Crippen LogP contribution is -2.51. The average Bonchev–Trinajstić information content (AvgIpc) is 2.46. The average molecular weight is 270 g/mol. The molecule has 3 nitrogen and oxygen atoms in total. The summed E-state index contributed by atoms with van der Waals surface area (Å²) in [7, 11) is 1.80. The van der Waals surface area contributed by atoms with Crippen LogP contribution in [-0.2, 0) is 4.74 Å². The third kappa shape index (κ3) is 4.73. The summed E-state index contributed by atoms with van der Waals surface area (Å²) in [5, 5.41) is 0. The van der Waals surface area contributed by atoms with E-state index in [1.54, 1.807) is 7.11 Å². The summed E-state index contributed by atoms with van der Waals surface area (Å²) in [6.07, 6.45) is 6.51. The molecule has 3 heteroatoms. The second-order valence-corrected chi connectivity index (χ2v) is 6.14. The number of hydrogen-bond donors (Lipinski definition) is 1.